The van der Waals surface area contributed by atoms with Crippen LogP contribution in [0.3, 0.4) is 0 Å². The number of hydrogen-bond donors (Lipinski definition) is 1. The zero-order valence-corrected chi connectivity index (χ0v) is 13.6. The minimum absolute atomic E-state index is 0.0626. The highest BCUT2D eigenvalue weighted by atomic mass is 35.5. The molecule has 1 aliphatic rings. The number of rotatable bonds is 4. The molecule has 1 aliphatic heterocycles. The summed E-state index contributed by atoms with van der Waals surface area (Å²) in [6, 6.07) is 6.99. The van der Waals surface area contributed by atoms with E-state index in [4.69, 9.17) is 16.7 Å². The fourth-order valence-electron chi connectivity index (χ4n) is 2.65. The molecule has 1 amide bonds. The molecule has 1 aromatic carbocycles. The molecule has 1 saturated heterocycles. The molecule has 2 aromatic rings. The minimum Gasteiger partial charge on any atom is -0.481 e. The summed E-state index contributed by atoms with van der Waals surface area (Å²) >= 11 is 5.84. The number of carboxylic acid groups (broad SMARTS) is 1. The van der Waals surface area contributed by atoms with Gasteiger partial charge in [-0.3, -0.25) is 9.59 Å². The van der Waals surface area contributed by atoms with Gasteiger partial charge in [-0.05, 0) is 42.3 Å². The first-order valence-electron chi connectivity index (χ1n) is 7.57. The van der Waals surface area contributed by atoms with E-state index in [2.05, 4.69) is 15.4 Å². The molecule has 0 aliphatic carbocycles. The van der Waals surface area contributed by atoms with Crippen molar-refractivity contribution in [2.45, 2.75) is 19.4 Å². The number of carbonyl (C=O) groups is 2. The van der Waals surface area contributed by atoms with Crippen molar-refractivity contribution in [3.05, 3.63) is 29.3 Å². The van der Waals surface area contributed by atoms with Gasteiger partial charge in [-0.2, -0.15) is 4.80 Å². The third-order valence-corrected chi connectivity index (χ3v) is 4.21. The second-order valence-corrected chi connectivity index (χ2v) is 6.10. The van der Waals surface area contributed by atoms with Crippen LogP contribution in [0.4, 0.5) is 0 Å². The second-order valence-electron chi connectivity index (χ2n) is 5.67. The van der Waals surface area contributed by atoms with E-state index < -0.39 is 11.9 Å². The second kappa shape index (κ2) is 6.96. The molecule has 24 heavy (non-hydrogen) atoms. The van der Waals surface area contributed by atoms with Gasteiger partial charge in [0.1, 0.15) is 6.54 Å². The van der Waals surface area contributed by atoms with Crippen molar-refractivity contribution in [2.24, 2.45) is 5.92 Å². The maximum atomic E-state index is 12.3. The Bertz CT molecular complexity index is 746. The Morgan fingerprint density at radius 2 is 2.04 bits per heavy atom. The summed E-state index contributed by atoms with van der Waals surface area (Å²) in [7, 11) is 0. The van der Waals surface area contributed by atoms with Crippen LogP contribution in [0.15, 0.2) is 24.3 Å². The molecule has 1 unspecified atom stereocenters. The van der Waals surface area contributed by atoms with Crippen molar-refractivity contribution in [2.75, 3.05) is 13.1 Å². The van der Waals surface area contributed by atoms with Crippen LogP contribution in [0.2, 0.25) is 5.02 Å². The van der Waals surface area contributed by atoms with Gasteiger partial charge in [-0.25, -0.2) is 0 Å². The summed E-state index contributed by atoms with van der Waals surface area (Å²) in [6.07, 6.45) is 1.28. The number of hydrogen-bond acceptors (Lipinski definition) is 5. The molecule has 0 saturated carbocycles. The predicted molar refractivity (Wildman–Crippen MR) is 85.2 cm³/mol. The summed E-state index contributed by atoms with van der Waals surface area (Å²) in [4.78, 5) is 26.2. The van der Waals surface area contributed by atoms with E-state index in [1.807, 2.05) is 0 Å². The van der Waals surface area contributed by atoms with Crippen LogP contribution >= 0.6 is 11.6 Å². The molecular weight excluding hydrogens is 334 g/mol. The molecule has 0 bridgehead atoms. The number of carbonyl (C=O) groups excluding carboxylic acids is 1. The van der Waals surface area contributed by atoms with Crippen LogP contribution in [-0.2, 0) is 16.1 Å². The zero-order chi connectivity index (χ0) is 17.1. The van der Waals surface area contributed by atoms with Crippen molar-refractivity contribution in [3.8, 4) is 11.4 Å². The number of benzene rings is 1. The van der Waals surface area contributed by atoms with Crippen LogP contribution in [-0.4, -0.2) is 55.2 Å². The molecule has 0 spiro atoms. The zero-order valence-electron chi connectivity index (χ0n) is 12.8. The van der Waals surface area contributed by atoms with Crippen molar-refractivity contribution in [1.82, 2.24) is 25.1 Å². The third kappa shape index (κ3) is 3.70. The highest BCUT2D eigenvalue weighted by molar-refractivity contribution is 6.30. The van der Waals surface area contributed by atoms with Gasteiger partial charge in [0.2, 0.25) is 11.7 Å². The van der Waals surface area contributed by atoms with Crippen molar-refractivity contribution in [1.29, 1.82) is 0 Å². The fourth-order valence-corrected chi connectivity index (χ4v) is 2.78. The molecule has 2 heterocycles. The Labute approximate surface area is 143 Å². The van der Waals surface area contributed by atoms with E-state index in [-0.39, 0.29) is 19.0 Å². The lowest BCUT2D eigenvalue weighted by molar-refractivity contribution is -0.145. The summed E-state index contributed by atoms with van der Waals surface area (Å²) in [5.41, 5.74) is 0.752. The van der Waals surface area contributed by atoms with Crippen molar-refractivity contribution >= 4 is 23.5 Å². The summed E-state index contributed by atoms with van der Waals surface area (Å²) in [5, 5.41) is 21.7. The van der Waals surface area contributed by atoms with Crippen LogP contribution in [0, 0.1) is 5.92 Å². The summed E-state index contributed by atoms with van der Waals surface area (Å²) < 4.78 is 0. The van der Waals surface area contributed by atoms with E-state index in [1.165, 1.54) is 4.80 Å². The first-order valence-corrected chi connectivity index (χ1v) is 7.95. The molecular formula is C15H16ClN5O3. The predicted octanol–water partition coefficient (Wildman–Crippen LogP) is 1.32. The standard InChI is InChI=1S/C15H16ClN5O3/c16-12-5-3-10(4-6-12)14-17-19-21(18-14)9-13(22)20-7-1-2-11(8-20)15(23)24/h3-6,11H,1-2,7-9H2,(H,23,24). The van der Waals surface area contributed by atoms with Crippen LogP contribution < -0.4 is 0 Å². The van der Waals surface area contributed by atoms with E-state index in [0.29, 0.717) is 30.2 Å². The maximum Gasteiger partial charge on any atom is 0.308 e. The Morgan fingerprint density at radius 1 is 1.29 bits per heavy atom. The average Bonchev–Trinajstić information content (AvgIpc) is 3.04. The lowest BCUT2D eigenvalue weighted by Crippen LogP contribution is -2.43. The van der Waals surface area contributed by atoms with Gasteiger partial charge in [0.15, 0.2) is 0 Å². The number of piperidine rings is 1. The molecule has 3 rings (SSSR count). The third-order valence-electron chi connectivity index (χ3n) is 3.96. The minimum atomic E-state index is -0.864. The highest BCUT2D eigenvalue weighted by Crippen LogP contribution is 2.18. The molecule has 8 nitrogen and oxygen atoms in total. The fraction of sp³-hybridized carbons (Fsp3) is 0.400. The molecule has 1 fully saturated rings. The topological polar surface area (TPSA) is 101 Å². The van der Waals surface area contributed by atoms with E-state index >= 15 is 0 Å². The van der Waals surface area contributed by atoms with Gasteiger partial charge < -0.3 is 10.0 Å². The van der Waals surface area contributed by atoms with Gasteiger partial charge in [0.25, 0.3) is 0 Å². The van der Waals surface area contributed by atoms with Gasteiger partial charge in [-0.15, -0.1) is 10.2 Å². The Morgan fingerprint density at radius 3 is 2.75 bits per heavy atom. The van der Waals surface area contributed by atoms with E-state index in [9.17, 15) is 9.59 Å². The molecule has 126 valence electrons. The van der Waals surface area contributed by atoms with Crippen molar-refractivity contribution in [3.63, 3.8) is 0 Å². The molecule has 1 N–H and O–H groups in total. The van der Waals surface area contributed by atoms with E-state index in [0.717, 1.165) is 5.56 Å². The number of likely N-dealkylation sites (tertiary alicyclic amines) is 1. The summed E-state index contributed by atoms with van der Waals surface area (Å²) in [6.45, 7) is 0.723. The Hall–Kier alpha value is -2.48. The number of aromatic nitrogens is 4. The Balaban J connectivity index is 1.65. The lowest BCUT2D eigenvalue weighted by atomic mass is 9.98. The van der Waals surface area contributed by atoms with Gasteiger partial charge >= 0.3 is 5.97 Å². The number of amides is 1. The highest BCUT2D eigenvalue weighted by Gasteiger charge is 2.28. The Kier molecular flexibility index (Phi) is 4.75. The number of aliphatic carboxylic acids is 1. The number of nitrogens with zero attached hydrogens (tertiary/aromatic N) is 5. The van der Waals surface area contributed by atoms with Crippen LogP contribution in [0.5, 0.6) is 0 Å². The molecule has 9 heteroatoms. The normalized spacial score (nSPS) is 17.7. The average molecular weight is 350 g/mol. The number of halogens is 1. The quantitative estimate of drug-likeness (QED) is 0.893. The SMILES string of the molecule is O=C(O)C1CCCN(C(=O)Cn2nnc(-c3ccc(Cl)cc3)n2)C1. The maximum absolute atomic E-state index is 12.3. The smallest absolute Gasteiger partial charge is 0.308 e. The number of tetrazole rings is 1. The van der Waals surface area contributed by atoms with Crippen LogP contribution in [0.25, 0.3) is 11.4 Å². The monoisotopic (exact) mass is 349 g/mol. The first-order chi connectivity index (χ1) is 11.5. The first kappa shape index (κ1) is 16.4. The largest absolute Gasteiger partial charge is 0.481 e. The molecule has 1 aromatic heterocycles. The van der Waals surface area contributed by atoms with Crippen molar-refractivity contribution < 1.29 is 14.7 Å². The summed E-state index contributed by atoms with van der Waals surface area (Å²) in [5.74, 6) is -1.17. The van der Waals surface area contributed by atoms with Gasteiger partial charge in [0, 0.05) is 23.7 Å². The van der Waals surface area contributed by atoms with E-state index in [1.54, 1.807) is 29.2 Å². The molecule has 0 radical (unpaired) electrons. The van der Waals surface area contributed by atoms with Gasteiger partial charge in [-0.1, -0.05) is 11.6 Å². The lowest BCUT2D eigenvalue weighted by Gasteiger charge is -2.30. The van der Waals surface area contributed by atoms with Gasteiger partial charge in [0.05, 0.1) is 5.92 Å². The van der Waals surface area contributed by atoms with Crippen LogP contribution in [0.1, 0.15) is 12.8 Å². The molecule has 1 atom stereocenters. The number of carboxylic acids is 1.